The number of halogens is 3. The molecule has 0 aliphatic rings. The van der Waals surface area contributed by atoms with E-state index < -0.39 is 3.79 Å². The first kappa shape index (κ1) is 15.1. The van der Waals surface area contributed by atoms with E-state index in [1.54, 1.807) is 0 Å². The molecule has 19 heavy (non-hydrogen) atoms. The number of hydrogen-bond acceptors (Lipinski definition) is 3. The third-order valence-corrected chi connectivity index (χ3v) is 4.51. The number of aromatic nitrogens is 2. The number of nitrogens with zero attached hydrogens (tertiary/aromatic N) is 1. The van der Waals surface area contributed by atoms with Crippen molar-refractivity contribution >= 4 is 56.4 Å². The van der Waals surface area contributed by atoms with Crippen LogP contribution in [-0.2, 0) is 10.2 Å². The van der Waals surface area contributed by atoms with Gasteiger partial charge < -0.3 is 4.98 Å². The monoisotopic (exact) mass is 338 g/mol. The van der Waals surface area contributed by atoms with Crippen molar-refractivity contribution in [2.24, 2.45) is 5.92 Å². The van der Waals surface area contributed by atoms with Gasteiger partial charge in [-0.05, 0) is 24.8 Å². The van der Waals surface area contributed by atoms with E-state index in [0.717, 1.165) is 16.9 Å². The number of fused-ring (bicyclic) bond motifs is 1. The minimum absolute atomic E-state index is 0.0624. The molecule has 2 aromatic heterocycles. The molecule has 0 spiro atoms. The molecule has 3 nitrogen and oxygen atoms in total. The van der Waals surface area contributed by atoms with Crippen LogP contribution in [0.2, 0.25) is 0 Å². The van der Waals surface area contributed by atoms with E-state index in [-0.39, 0.29) is 11.4 Å². The highest BCUT2D eigenvalue weighted by Crippen LogP contribution is 2.37. The topological polar surface area (TPSA) is 45.8 Å². The van der Waals surface area contributed by atoms with Crippen molar-refractivity contribution in [3.8, 4) is 0 Å². The van der Waals surface area contributed by atoms with E-state index in [2.05, 4.69) is 23.8 Å². The Morgan fingerprint density at radius 2 is 2.00 bits per heavy atom. The van der Waals surface area contributed by atoms with Crippen LogP contribution in [-0.4, -0.2) is 9.97 Å². The van der Waals surface area contributed by atoms with Gasteiger partial charge in [0.05, 0.1) is 5.39 Å². The van der Waals surface area contributed by atoms with Crippen LogP contribution in [0.1, 0.15) is 30.1 Å². The third kappa shape index (κ3) is 3.07. The first-order chi connectivity index (χ1) is 8.70. The highest BCUT2D eigenvalue weighted by Gasteiger charge is 2.27. The molecule has 1 N–H and O–H groups in total. The maximum absolute atomic E-state index is 12.1. The number of hydrogen-bond donors (Lipinski definition) is 1. The molecule has 0 radical (unpaired) electrons. The van der Waals surface area contributed by atoms with Crippen molar-refractivity contribution in [3.63, 3.8) is 0 Å². The Kier molecular flexibility index (Phi) is 4.17. The standard InChI is InChI=1S/C12H13Cl3N2OS/c1-5(2)4-7-6(3)8-9(18)16-11(12(13,14)15)17-10(8)19-7/h5H,4H2,1-3H3,(H,16,17,18). The average Bonchev–Trinajstić information content (AvgIpc) is 2.54. The normalized spacial score (nSPS) is 12.6. The fraction of sp³-hybridized carbons (Fsp3) is 0.500. The van der Waals surface area contributed by atoms with Crippen LogP contribution in [0.3, 0.4) is 0 Å². The lowest BCUT2D eigenvalue weighted by Gasteiger charge is -2.08. The van der Waals surface area contributed by atoms with Gasteiger partial charge in [0.2, 0.25) is 3.79 Å². The molecule has 0 saturated carbocycles. The molecule has 104 valence electrons. The van der Waals surface area contributed by atoms with Crippen LogP contribution in [0.5, 0.6) is 0 Å². The van der Waals surface area contributed by atoms with Gasteiger partial charge >= 0.3 is 0 Å². The fourth-order valence-corrected chi connectivity index (χ4v) is 3.55. The Labute approximate surface area is 129 Å². The minimum atomic E-state index is -1.72. The van der Waals surface area contributed by atoms with Gasteiger partial charge in [-0.1, -0.05) is 48.7 Å². The number of alkyl halides is 3. The molecular formula is C12H13Cl3N2OS. The first-order valence-electron chi connectivity index (χ1n) is 5.79. The molecule has 0 saturated heterocycles. The van der Waals surface area contributed by atoms with Gasteiger partial charge in [0, 0.05) is 4.88 Å². The maximum atomic E-state index is 12.1. The summed E-state index contributed by atoms with van der Waals surface area (Å²) in [6.45, 7) is 6.20. The number of aromatic amines is 1. The first-order valence-corrected chi connectivity index (χ1v) is 7.74. The second-order valence-corrected chi connectivity index (χ2v) is 8.21. The molecule has 0 aromatic carbocycles. The van der Waals surface area contributed by atoms with Gasteiger partial charge in [-0.25, -0.2) is 4.98 Å². The summed E-state index contributed by atoms with van der Waals surface area (Å²) >= 11 is 18.8. The van der Waals surface area contributed by atoms with Crippen molar-refractivity contribution < 1.29 is 0 Å². The molecule has 0 amide bonds. The van der Waals surface area contributed by atoms with Crippen molar-refractivity contribution in [3.05, 3.63) is 26.6 Å². The largest absolute Gasteiger partial charge is 0.306 e. The summed E-state index contributed by atoms with van der Waals surface area (Å²) in [7, 11) is 0. The van der Waals surface area contributed by atoms with Crippen LogP contribution in [0.4, 0.5) is 0 Å². The van der Waals surface area contributed by atoms with Gasteiger partial charge in [0.25, 0.3) is 5.56 Å². The predicted molar refractivity (Wildman–Crippen MR) is 82.8 cm³/mol. The lowest BCUT2D eigenvalue weighted by molar-refractivity contribution is 0.652. The third-order valence-electron chi connectivity index (χ3n) is 2.76. The molecule has 0 aliphatic heterocycles. The molecular weight excluding hydrogens is 327 g/mol. The van der Waals surface area contributed by atoms with Crippen LogP contribution in [0, 0.1) is 12.8 Å². The number of rotatable bonds is 2. The molecule has 0 atom stereocenters. The van der Waals surface area contributed by atoms with Crippen molar-refractivity contribution in [2.75, 3.05) is 0 Å². The summed E-state index contributed by atoms with van der Waals surface area (Å²) in [5.41, 5.74) is 0.716. The molecule has 7 heteroatoms. The number of nitrogens with one attached hydrogen (secondary N) is 1. The average molecular weight is 340 g/mol. The molecule has 0 unspecified atom stereocenters. The summed E-state index contributed by atoms with van der Waals surface area (Å²) < 4.78 is -1.72. The predicted octanol–water partition coefficient (Wildman–Crippen LogP) is 4.32. The number of H-pyrrole nitrogens is 1. The van der Waals surface area contributed by atoms with E-state index in [1.165, 1.54) is 11.3 Å². The van der Waals surface area contributed by atoms with Gasteiger partial charge in [0.1, 0.15) is 4.83 Å². The highest BCUT2D eigenvalue weighted by atomic mass is 35.6. The zero-order chi connectivity index (χ0) is 14.4. The lowest BCUT2D eigenvalue weighted by Crippen LogP contribution is -2.16. The molecule has 2 aromatic rings. The van der Waals surface area contributed by atoms with Gasteiger partial charge in [-0.3, -0.25) is 4.79 Å². The smallest absolute Gasteiger partial charge is 0.260 e. The lowest BCUT2D eigenvalue weighted by atomic mass is 10.1. The zero-order valence-corrected chi connectivity index (χ0v) is 13.8. The van der Waals surface area contributed by atoms with Crippen molar-refractivity contribution in [1.29, 1.82) is 0 Å². The summed E-state index contributed by atoms with van der Waals surface area (Å²) in [6, 6.07) is 0. The SMILES string of the molecule is Cc1c(CC(C)C)sc2nc(C(Cl)(Cl)Cl)[nH]c(=O)c12. The zero-order valence-electron chi connectivity index (χ0n) is 10.7. The number of thiophene rings is 1. The van der Waals surface area contributed by atoms with Crippen LogP contribution in [0.15, 0.2) is 4.79 Å². The molecule has 2 rings (SSSR count). The summed E-state index contributed by atoms with van der Waals surface area (Å²) in [6.07, 6.45) is 0.912. The Morgan fingerprint density at radius 1 is 1.37 bits per heavy atom. The summed E-state index contributed by atoms with van der Waals surface area (Å²) in [5, 5.41) is 0.596. The van der Waals surface area contributed by atoms with Crippen molar-refractivity contribution in [1.82, 2.24) is 9.97 Å². The second kappa shape index (κ2) is 5.24. The van der Waals surface area contributed by atoms with Gasteiger partial charge in [-0.15, -0.1) is 11.3 Å². The Hall–Kier alpha value is -0.290. The molecule has 0 aliphatic carbocycles. The van der Waals surface area contributed by atoms with E-state index in [9.17, 15) is 4.79 Å². The fourth-order valence-electron chi connectivity index (χ4n) is 1.89. The molecule has 2 heterocycles. The van der Waals surface area contributed by atoms with E-state index >= 15 is 0 Å². The highest BCUT2D eigenvalue weighted by molar-refractivity contribution is 7.18. The van der Waals surface area contributed by atoms with Crippen LogP contribution in [0.25, 0.3) is 10.2 Å². The minimum Gasteiger partial charge on any atom is -0.306 e. The Balaban J connectivity index is 2.67. The van der Waals surface area contributed by atoms with E-state index in [4.69, 9.17) is 34.8 Å². The van der Waals surface area contributed by atoms with Crippen molar-refractivity contribution in [2.45, 2.75) is 31.0 Å². The second-order valence-electron chi connectivity index (χ2n) is 4.84. The van der Waals surface area contributed by atoms with E-state index in [1.807, 2.05) is 6.92 Å². The Morgan fingerprint density at radius 3 is 2.53 bits per heavy atom. The van der Waals surface area contributed by atoms with Crippen LogP contribution >= 0.6 is 46.1 Å². The van der Waals surface area contributed by atoms with E-state index in [0.29, 0.717) is 16.1 Å². The summed E-state index contributed by atoms with van der Waals surface area (Å²) in [4.78, 5) is 20.7. The van der Waals surface area contributed by atoms with Crippen LogP contribution < -0.4 is 5.56 Å². The summed E-state index contributed by atoms with van der Waals surface area (Å²) in [5.74, 6) is 0.575. The van der Waals surface area contributed by atoms with Gasteiger partial charge in [0.15, 0.2) is 5.82 Å². The number of aryl methyl sites for hydroxylation is 1. The van der Waals surface area contributed by atoms with Gasteiger partial charge in [-0.2, -0.15) is 0 Å². The molecule has 0 fully saturated rings. The Bertz CT molecular complexity index is 670. The maximum Gasteiger partial charge on any atom is 0.260 e. The quantitative estimate of drug-likeness (QED) is 0.828. The molecule has 0 bridgehead atoms.